The summed E-state index contributed by atoms with van der Waals surface area (Å²) in [5.74, 6) is -3.05. The maximum absolute atomic E-state index is 15.6. The second-order valence-corrected chi connectivity index (χ2v) is 18.1. The Morgan fingerprint density at radius 3 is 2.42 bits per heavy atom. The third kappa shape index (κ3) is 9.73. The van der Waals surface area contributed by atoms with Crippen LogP contribution >= 0.6 is 0 Å². The van der Waals surface area contributed by atoms with Crippen molar-refractivity contribution >= 4 is 56.5 Å². The van der Waals surface area contributed by atoms with Gasteiger partial charge in [-0.2, -0.15) is 12.7 Å². The second-order valence-electron chi connectivity index (χ2n) is 16.3. The van der Waals surface area contributed by atoms with Crippen LogP contribution in [0.4, 0.5) is 14.5 Å². The largest absolute Gasteiger partial charge is 0.481 e. The molecule has 1 unspecified atom stereocenters. The molecule has 0 aliphatic carbocycles. The number of rotatable bonds is 14. The Morgan fingerprint density at radius 1 is 0.953 bits per heavy atom. The predicted octanol–water partition coefficient (Wildman–Crippen LogP) is 5.81. The maximum Gasteiger partial charge on any atom is 0.301 e. The van der Waals surface area contributed by atoms with E-state index in [0.29, 0.717) is 65.5 Å². The monoisotopic (exact) mass is 894 g/mol. The summed E-state index contributed by atoms with van der Waals surface area (Å²) in [7, 11) is -2.85. The number of benzene rings is 2. The number of fused-ring (bicyclic) bond motifs is 1. The molecule has 2 aromatic carbocycles. The van der Waals surface area contributed by atoms with Gasteiger partial charge in [0, 0.05) is 93.2 Å². The number of H-pyrrole nitrogens is 1. The van der Waals surface area contributed by atoms with E-state index in [1.54, 1.807) is 25.4 Å². The zero-order valence-corrected chi connectivity index (χ0v) is 36.2. The molecular formula is C46H48F2N8O7S. The summed E-state index contributed by atoms with van der Waals surface area (Å²) in [5, 5.41) is 2.63. The number of ether oxygens (including phenoxy) is 1. The van der Waals surface area contributed by atoms with Crippen molar-refractivity contribution in [3.63, 3.8) is 0 Å². The molecule has 334 valence electrons. The second kappa shape index (κ2) is 18.8. The summed E-state index contributed by atoms with van der Waals surface area (Å²) in [4.78, 5) is 66.6. The van der Waals surface area contributed by atoms with Gasteiger partial charge in [0.05, 0.1) is 16.9 Å². The molecule has 15 nitrogen and oxygen atoms in total. The summed E-state index contributed by atoms with van der Waals surface area (Å²) in [6.07, 6.45) is 9.51. The quantitative estimate of drug-likeness (QED) is 0.0908. The Bertz CT molecular complexity index is 2740. The molecule has 0 radical (unpaired) electrons. The molecule has 3 N–H and O–H groups in total. The summed E-state index contributed by atoms with van der Waals surface area (Å²) in [5.41, 5.74) is 2.95. The van der Waals surface area contributed by atoms with Crippen molar-refractivity contribution in [3.8, 4) is 16.9 Å². The first-order valence-electron chi connectivity index (χ1n) is 21.3. The van der Waals surface area contributed by atoms with Crippen molar-refractivity contribution in [3.05, 3.63) is 113 Å². The molecule has 3 fully saturated rings. The highest BCUT2D eigenvalue weighted by Gasteiger charge is 2.30. The van der Waals surface area contributed by atoms with E-state index in [2.05, 4.69) is 42.0 Å². The molecular weight excluding hydrogens is 847 g/mol. The van der Waals surface area contributed by atoms with E-state index in [-0.39, 0.29) is 30.3 Å². The molecule has 5 aromatic rings. The van der Waals surface area contributed by atoms with Gasteiger partial charge in [-0.05, 0) is 86.3 Å². The average molecular weight is 895 g/mol. The Morgan fingerprint density at radius 2 is 1.72 bits per heavy atom. The number of amides is 3. The van der Waals surface area contributed by atoms with Gasteiger partial charge in [-0.1, -0.05) is 30.7 Å². The lowest BCUT2D eigenvalue weighted by atomic mass is 9.89. The fourth-order valence-electron chi connectivity index (χ4n) is 8.26. The van der Waals surface area contributed by atoms with Crippen molar-refractivity contribution in [1.29, 1.82) is 0 Å². The maximum atomic E-state index is 15.6. The molecule has 0 saturated carbocycles. The number of pyridine rings is 2. The molecule has 3 amide bonds. The van der Waals surface area contributed by atoms with Gasteiger partial charge in [-0.15, -0.1) is 0 Å². The zero-order chi connectivity index (χ0) is 45.1. The van der Waals surface area contributed by atoms with Gasteiger partial charge in [-0.3, -0.25) is 34.2 Å². The van der Waals surface area contributed by atoms with Gasteiger partial charge in [0.15, 0.2) is 11.9 Å². The number of hydrogen-bond donors (Lipinski definition) is 3. The number of carbonyl (C=O) groups is 4. The molecule has 3 aliphatic rings. The molecule has 0 bridgehead atoms. The van der Waals surface area contributed by atoms with Crippen molar-refractivity contribution in [2.75, 3.05) is 51.0 Å². The van der Waals surface area contributed by atoms with Crippen LogP contribution in [0.2, 0.25) is 0 Å². The highest BCUT2D eigenvalue weighted by Crippen LogP contribution is 2.32. The Labute approximate surface area is 369 Å². The Balaban J connectivity index is 0.834. The number of halogens is 2. The first kappa shape index (κ1) is 44.2. The average Bonchev–Trinajstić information content (AvgIpc) is 3.72. The molecule has 1 atom stereocenters. The van der Waals surface area contributed by atoms with Gasteiger partial charge in [0.25, 0.3) is 5.91 Å². The molecule has 0 spiro atoms. The van der Waals surface area contributed by atoms with Crippen LogP contribution in [0.3, 0.4) is 0 Å². The minimum atomic E-state index is -4.15. The fourth-order valence-corrected chi connectivity index (χ4v) is 9.19. The third-order valence-electron chi connectivity index (χ3n) is 12.2. The summed E-state index contributed by atoms with van der Waals surface area (Å²) in [6.45, 7) is 5.65. The van der Waals surface area contributed by atoms with Crippen molar-refractivity contribution in [2.45, 2.75) is 57.5 Å². The molecule has 3 aliphatic heterocycles. The van der Waals surface area contributed by atoms with Gasteiger partial charge in [0.1, 0.15) is 17.2 Å². The minimum absolute atomic E-state index is 0.0527. The first-order chi connectivity index (χ1) is 30.8. The lowest BCUT2D eigenvalue weighted by Crippen LogP contribution is -2.46. The highest BCUT2D eigenvalue weighted by atomic mass is 32.2. The highest BCUT2D eigenvalue weighted by molar-refractivity contribution is 7.90. The number of hydrogen-bond acceptors (Lipinski definition) is 10. The van der Waals surface area contributed by atoms with Gasteiger partial charge in [-0.25, -0.2) is 13.8 Å². The number of nitrogens with one attached hydrogen (secondary N) is 3. The van der Waals surface area contributed by atoms with E-state index in [9.17, 15) is 27.6 Å². The van der Waals surface area contributed by atoms with E-state index in [1.165, 1.54) is 18.8 Å². The van der Waals surface area contributed by atoms with Crippen LogP contribution < -0.4 is 14.8 Å². The number of carbonyl (C=O) groups excluding carboxylic acids is 4. The molecule has 8 rings (SSSR count). The normalized spacial score (nSPS) is 18.5. The van der Waals surface area contributed by atoms with Crippen LogP contribution in [-0.4, -0.2) is 113 Å². The van der Waals surface area contributed by atoms with E-state index in [0.717, 1.165) is 60.9 Å². The van der Waals surface area contributed by atoms with Gasteiger partial charge >= 0.3 is 10.2 Å². The standard InChI is InChI=1S/C46H48F2N8O7S/c1-3-54(2)64(61,62)53-38-11-10-37(47)42(43(38)48)44(59)36-27-51-45-35(36)24-32(26-50-45)31-4-7-33(49-25-31)22-28-14-19-56(41(58)23-28)21-20-55-17-15-30(16-18-55)29-5-8-34(9-6-29)63-39-12-13-40(57)52-46(39)60/h4-11,22,24-27,30,39,53H,3,12-21,23H2,1-2H3,(H,50,51)(H,52,57,60)/b28-22-. The summed E-state index contributed by atoms with van der Waals surface area (Å²) >= 11 is 0. The number of ketones is 1. The third-order valence-corrected chi connectivity index (χ3v) is 13.7. The Hall–Kier alpha value is -6.37. The SMILES string of the molecule is CCN(C)S(=O)(=O)Nc1ccc(F)c(C(=O)c2c[nH]c3ncc(-c4ccc(/C=C5/CCN(CCN6CCC(c7ccc(OC8CCC(=O)NC8=O)cc7)CC6)C(=O)C5)nc4)cc23)c1F. The van der Waals surface area contributed by atoms with Gasteiger partial charge in [0.2, 0.25) is 17.6 Å². The van der Waals surface area contributed by atoms with Crippen LogP contribution in [0.25, 0.3) is 28.2 Å². The molecule has 64 heavy (non-hydrogen) atoms. The van der Waals surface area contributed by atoms with Crippen LogP contribution in [0.15, 0.2) is 78.8 Å². The number of nitrogens with zero attached hydrogens (tertiary/aromatic N) is 5. The van der Waals surface area contributed by atoms with E-state index < -0.39 is 50.9 Å². The summed E-state index contributed by atoms with van der Waals surface area (Å²) < 4.78 is 64.6. The number of aromatic amines is 1. The molecule has 6 heterocycles. The van der Waals surface area contributed by atoms with Crippen molar-refractivity contribution in [1.82, 2.24) is 34.4 Å². The van der Waals surface area contributed by atoms with Gasteiger partial charge < -0.3 is 19.5 Å². The number of piperidine rings is 3. The lowest BCUT2D eigenvalue weighted by Gasteiger charge is -2.35. The smallest absolute Gasteiger partial charge is 0.301 e. The van der Waals surface area contributed by atoms with E-state index in [1.807, 2.05) is 35.2 Å². The summed E-state index contributed by atoms with van der Waals surface area (Å²) in [6, 6.07) is 15.0. The van der Waals surface area contributed by atoms with Crippen molar-refractivity contribution in [2.24, 2.45) is 0 Å². The predicted molar refractivity (Wildman–Crippen MR) is 235 cm³/mol. The Kier molecular flexibility index (Phi) is 13.0. The van der Waals surface area contributed by atoms with Crippen LogP contribution in [-0.2, 0) is 24.6 Å². The molecule has 3 saturated heterocycles. The number of anilines is 1. The lowest BCUT2D eigenvalue weighted by molar-refractivity contribution is -0.139. The van der Waals surface area contributed by atoms with Crippen LogP contribution in [0, 0.1) is 11.6 Å². The number of imide groups is 1. The topological polar surface area (TPSA) is 187 Å². The van der Waals surface area contributed by atoms with Crippen LogP contribution in [0.1, 0.15) is 78.5 Å². The van der Waals surface area contributed by atoms with E-state index in [4.69, 9.17) is 4.74 Å². The number of aromatic nitrogens is 3. The minimum Gasteiger partial charge on any atom is -0.481 e. The molecule has 3 aromatic heterocycles. The zero-order valence-electron chi connectivity index (χ0n) is 35.4. The van der Waals surface area contributed by atoms with Crippen LogP contribution in [0.5, 0.6) is 5.75 Å². The number of likely N-dealkylation sites (tertiary alicyclic amines) is 2. The fraction of sp³-hybridized carbons (Fsp3) is 0.348. The first-order valence-corrected chi connectivity index (χ1v) is 22.7. The van der Waals surface area contributed by atoms with E-state index >= 15 is 8.78 Å². The molecule has 18 heteroatoms. The van der Waals surface area contributed by atoms with Crippen molar-refractivity contribution < 1.29 is 41.1 Å².